The van der Waals surface area contributed by atoms with Gasteiger partial charge in [-0.25, -0.2) is 4.79 Å². The van der Waals surface area contributed by atoms with Gasteiger partial charge in [-0.05, 0) is 0 Å². The van der Waals surface area contributed by atoms with Gasteiger partial charge in [0.25, 0.3) is 0 Å². The maximum atomic E-state index is 10.7. The molecule has 0 aromatic rings. The number of aliphatic hydroxyl groups is 2. The Kier molecular flexibility index (Phi) is 2.61. The highest BCUT2D eigenvalue weighted by Gasteiger charge is 2.37. The lowest BCUT2D eigenvalue weighted by atomic mass is 10.2. The van der Waals surface area contributed by atoms with Crippen molar-refractivity contribution in [3.8, 4) is 0 Å². The maximum Gasteiger partial charge on any atom is 0.377 e. The molecule has 0 saturated carbocycles. The van der Waals surface area contributed by atoms with Crippen molar-refractivity contribution >= 4 is 28.6 Å². The van der Waals surface area contributed by atoms with E-state index in [9.17, 15) is 4.79 Å². The molecule has 1 rings (SSSR count). The number of rotatable bonds is 2. The number of esters is 1. The van der Waals surface area contributed by atoms with Crippen molar-refractivity contribution in [3.05, 3.63) is 24.2 Å². The summed E-state index contributed by atoms with van der Waals surface area (Å²) >= 11 is 1.94. The van der Waals surface area contributed by atoms with Gasteiger partial charge in [0.05, 0.1) is 3.92 Å². The Labute approximate surface area is 82.7 Å². The molecule has 0 saturated heterocycles. The number of carbonyl (C=O) groups excluding carboxylic acids is 1. The molecule has 0 aliphatic carbocycles. The fraction of sp³-hybridized carbons (Fsp3) is 0.286. The molecule has 1 aliphatic heterocycles. The summed E-state index contributed by atoms with van der Waals surface area (Å²) in [6.07, 6.45) is 0.725. The minimum Gasteiger partial charge on any atom is -0.505 e. The zero-order valence-electron chi connectivity index (χ0n) is 6.03. The molecule has 0 fully saturated rings. The lowest BCUT2D eigenvalue weighted by Gasteiger charge is -2.11. The van der Waals surface area contributed by atoms with E-state index in [2.05, 4.69) is 11.3 Å². The Bertz CT molecular complexity index is 258. The molecule has 4 nitrogen and oxygen atoms in total. The number of halogens is 1. The maximum absolute atomic E-state index is 10.7. The van der Waals surface area contributed by atoms with E-state index < -0.39 is 23.6 Å². The highest BCUT2D eigenvalue weighted by atomic mass is 127. The first kappa shape index (κ1) is 9.37. The second-order valence-corrected chi connectivity index (χ2v) is 3.68. The third-order valence-corrected chi connectivity index (χ3v) is 2.62. The summed E-state index contributed by atoms with van der Waals surface area (Å²) in [5.41, 5.74) is 0. The Morgan fingerprint density at radius 2 is 2.25 bits per heavy atom. The zero-order chi connectivity index (χ0) is 9.30. The van der Waals surface area contributed by atoms with Gasteiger partial charge in [-0.3, -0.25) is 0 Å². The Morgan fingerprint density at radius 1 is 1.67 bits per heavy atom. The highest BCUT2D eigenvalue weighted by molar-refractivity contribution is 14.1. The number of cyclic esters (lactones) is 1. The van der Waals surface area contributed by atoms with Crippen LogP contribution in [0.1, 0.15) is 0 Å². The summed E-state index contributed by atoms with van der Waals surface area (Å²) in [4.78, 5) is 10.7. The molecule has 0 aromatic carbocycles. The van der Waals surface area contributed by atoms with Crippen LogP contribution in [0.5, 0.6) is 0 Å². The van der Waals surface area contributed by atoms with Gasteiger partial charge in [0.1, 0.15) is 0 Å². The van der Waals surface area contributed by atoms with E-state index in [0.29, 0.717) is 0 Å². The van der Waals surface area contributed by atoms with Crippen LogP contribution in [0.3, 0.4) is 0 Å². The molecule has 1 heterocycles. The third kappa shape index (κ3) is 1.40. The summed E-state index contributed by atoms with van der Waals surface area (Å²) in [5.74, 6) is -2.01. The molecule has 0 amide bonds. The number of carbonyl (C=O) groups is 1. The molecule has 12 heavy (non-hydrogen) atoms. The average Bonchev–Trinajstić information content (AvgIpc) is 2.32. The van der Waals surface area contributed by atoms with Crippen molar-refractivity contribution in [2.75, 3.05) is 0 Å². The lowest BCUT2D eigenvalue weighted by molar-refractivity contribution is -0.141. The number of ether oxygens (including phenoxy) is 1. The van der Waals surface area contributed by atoms with Gasteiger partial charge in [-0.15, -0.1) is 6.58 Å². The Balaban J connectivity index is 2.86. The summed E-state index contributed by atoms with van der Waals surface area (Å²) < 4.78 is 4.41. The van der Waals surface area contributed by atoms with Gasteiger partial charge in [0.2, 0.25) is 5.76 Å². The van der Waals surface area contributed by atoms with Crippen LogP contribution in [0.15, 0.2) is 24.2 Å². The minimum atomic E-state index is -0.888. The standard InChI is InChI=1S/C7H7IO4/c1-2-3(8)6-4(9)5(10)7(11)12-6/h2-3,6,9-10H,1H2. The predicted octanol–water partition coefficient (Wildman–Crippen LogP) is 1.23. The van der Waals surface area contributed by atoms with Gasteiger partial charge >= 0.3 is 5.97 Å². The van der Waals surface area contributed by atoms with Crippen molar-refractivity contribution in [1.82, 2.24) is 0 Å². The van der Waals surface area contributed by atoms with Crippen LogP contribution in [0.4, 0.5) is 0 Å². The van der Waals surface area contributed by atoms with E-state index >= 15 is 0 Å². The molecule has 66 valence electrons. The topological polar surface area (TPSA) is 66.8 Å². The number of hydrogen-bond donors (Lipinski definition) is 2. The molecular weight excluding hydrogens is 275 g/mol. The number of aliphatic hydroxyl groups excluding tert-OH is 2. The van der Waals surface area contributed by atoms with Gasteiger partial charge in [0, 0.05) is 0 Å². The van der Waals surface area contributed by atoms with Crippen LogP contribution < -0.4 is 0 Å². The van der Waals surface area contributed by atoms with Crippen molar-refractivity contribution in [1.29, 1.82) is 0 Å². The first-order valence-electron chi connectivity index (χ1n) is 3.17. The van der Waals surface area contributed by atoms with E-state index in [4.69, 9.17) is 10.2 Å². The first-order chi connectivity index (χ1) is 5.57. The quantitative estimate of drug-likeness (QED) is 0.346. The van der Waals surface area contributed by atoms with Gasteiger partial charge in [-0.1, -0.05) is 28.7 Å². The van der Waals surface area contributed by atoms with Crippen molar-refractivity contribution < 1.29 is 19.7 Å². The second-order valence-electron chi connectivity index (χ2n) is 2.24. The number of hydrogen-bond acceptors (Lipinski definition) is 4. The SMILES string of the molecule is C=CC(I)C1OC(=O)C(O)=C1O. The van der Waals surface area contributed by atoms with Crippen LogP contribution in [-0.2, 0) is 9.53 Å². The van der Waals surface area contributed by atoms with Gasteiger partial charge < -0.3 is 14.9 Å². The van der Waals surface area contributed by atoms with Gasteiger partial charge in [0.15, 0.2) is 11.9 Å². The van der Waals surface area contributed by atoms with Crippen LogP contribution in [-0.4, -0.2) is 26.2 Å². The molecule has 2 N–H and O–H groups in total. The number of alkyl halides is 1. The van der Waals surface area contributed by atoms with E-state index in [1.165, 1.54) is 6.08 Å². The first-order valence-corrected chi connectivity index (χ1v) is 4.42. The summed E-state index contributed by atoms with van der Waals surface area (Å²) in [6.45, 7) is 3.48. The summed E-state index contributed by atoms with van der Waals surface area (Å²) in [5, 5.41) is 18.1. The molecule has 2 atom stereocenters. The zero-order valence-corrected chi connectivity index (χ0v) is 8.19. The minimum absolute atomic E-state index is 0.240. The van der Waals surface area contributed by atoms with E-state index in [1.54, 1.807) is 0 Å². The smallest absolute Gasteiger partial charge is 0.377 e. The third-order valence-electron chi connectivity index (χ3n) is 1.45. The highest BCUT2D eigenvalue weighted by Crippen LogP contribution is 2.25. The van der Waals surface area contributed by atoms with Gasteiger partial charge in [-0.2, -0.15) is 0 Å². The summed E-state index contributed by atoms with van der Waals surface area (Å²) in [6, 6.07) is 0. The largest absolute Gasteiger partial charge is 0.505 e. The molecule has 5 heteroatoms. The van der Waals surface area contributed by atoms with E-state index in [0.717, 1.165) is 0 Å². The van der Waals surface area contributed by atoms with Crippen LogP contribution >= 0.6 is 22.6 Å². The fourth-order valence-corrected chi connectivity index (χ4v) is 1.29. The van der Waals surface area contributed by atoms with Crippen molar-refractivity contribution in [3.63, 3.8) is 0 Å². The molecular formula is C7H7IO4. The Morgan fingerprint density at radius 3 is 2.58 bits per heavy atom. The normalized spacial score (nSPS) is 25.4. The average molecular weight is 282 g/mol. The van der Waals surface area contributed by atoms with Crippen molar-refractivity contribution in [2.24, 2.45) is 0 Å². The molecule has 0 radical (unpaired) electrons. The molecule has 0 aromatic heterocycles. The second kappa shape index (κ2) is 3.34. The van der Waals surface area contributed by atoms with E-state index in [-0.39, 0.29) is 3.92 Å². The Hall–Kier alpha value is -0.720. The van der Waals surface area contributed by atoms with E-state index in [1.807, 2.05) is 22.6 Å². The molecule has 0 spiro atoms. The molecule has 0 bridgehead atoms. The predicted molar refractivity (Wildman–Crippen MR) is 50.2 cm³/mol. The lowest BCUT2D eigenvalue weighted by Crippen LogP contribution is -2.21. The summed E-state index contributed by atoms with van der Waals surface area (Å²) in [7, 11) is 0. The van der Waals surface area contributed by atoms with Crippen LogP contribution in [0, 0.1) is 0 Å². The molecule has 1 aliphatic rings. The monoisotopic (exact) mass is 282 g/mol. The fourth-order valence-electron chi connectivity index (χ4n) is 0.806. The molecule has 2 unspecified atom stereocenters. The van der Waals surface area contributed by atoms with Crippen LogP contribution in [0.2, 0.25) is 0 Å². The van der Waals surface area contributed by atoms with Crippen LogP contribution in [0.25, 0.3) is 0 Å². The van der Waals surface area contributed by atoms with Crippen molar-refractivity contribution in [2.45, 2.75) is 10.0 Å².